The van der Waals surface area contributed by atoms with Gasteiger partial charge in [-0.15, -0.1) is 22.7 Å². The second-order valence-electron chi connectivity index (χ2n) is 13.9. The molecule has 2 aromatic carbocycles. The minimum Gasteiger partial charge on any atom is -0.476 e. The zero-order valence-electron chi connectivity index (χ0n) is 31.4. The van der Waals surface area contributed by atoms with E-state index in [1.54, 1.807) is 35.8 Å². The first-order chi connectivity index (χ1) is 28.7. The molecular formula is C42H38F2N10O3S2. The van der Waals surface area contributed by atoms with Crippen molar-refractivity contribution in [1.82, 2.24) is 34.1 Å². The summed E-state index contributed by atoms with van der Waals surface area (Å²) in [4.78, 5) is 45.0. The van der Waals surface area contributed by atoms with E-state index in [1.807, 2.05) is 53.6 Å². The largest absolute Gasteiger partial charge is 0.476 e. The zero-order chi connectivity index (χ0) is 40.9. The van der Waals surface area contributed by atoms with Gasteiger partial charge in [0.05, 0.1) is 11.0 Å². The third kappa shape index (κ3) is 9.12. The van der Waals surface area contributed by atoms with E-state index >= 15 is 0 Å². The van der Waals surface area contributed by atoms with E-state index in [0.29, 0.717) is 33.9 Å². The SMILES string of the molecule is N[C@H]1CCN(c2nccn3cccc23)C1.O=C(N[C@H]1CCN(c2nccn3cccc23)C1)c1csc(-c2ccc(F)cc2)n1.O=C(O)c1csc(-c2ccc(F)cc2)n1. The zero-order valence-corrected chi connectivity index (χ0v) is 33.1. The molecule has 0 radical (unpaired) electrons. The molecule has 2 saturated heterocycles. The molecular weight excluding hydrogens is 795 g/mol. The number of nitrogens with one attached hydrogen (secondary N) is 1. The number of nitrogens with two attached hydrogens (primary N) is 1. The van der Waals surface area contributed by atoms with Gasteiger partial charge in [-0.2, -0.15) is 0 Å². The second-order valence-corrected chi connectivity index (χ2v) is 15.6. The van der Waals surface area contributed by atoms with E-state index in [0.717, 1.165) is 60.7 Å². The number of hydrogen-bond donors (Lipinski definition) is 3. The minimum absolute atomic E-state index is 0.0133. The van der Waals surface area contributed by atoms with Crippen LogP contribution in [0, 0.1) is 11.6 Å². The molecule has 6 aromatic heterocycles. The summed E-state index contributed by atoms with van der Waals surface area (Å²) in [5.74, 6) is 0.125. The molecule has 2 atom stereocenters. The lowest BCUT2D eigenvalue weighted by Crippen LogP contribution is -2.37. The monoisotopic (exact) mass is 832 g/mol. The molecule has 4 N–H and O–H groups in total. The van der Waals surface area contributed by atoms with Gasteiger partial charge in [-0.25, -0.2) is 33.5 Å². The number of carboxylic acid groups (broad SMARTS) is 1. The van der Waals surface area contributed by atoms with E-state index in [1.165, 1.54) is 52.3 Å². The average molecular weight is 833 g/mol. The number of rotatable bonds is 7. The highest BCUT2D eigenvalue weighted by Gasteiger charge is 2.27. The molecule has 300 valence electrons. The first-order valence-corrected chi connectivity index (χ1v) is 20.5. The molecule has 8 heterocycles. The molecule has 0 unspecified atom stereocenters. The van der Waals surface area contributed by atoms with Gasteiger partial charge in [0.1, 0.15) is 27.3 Å². The van der Waals surface area contributed by atoms with Crippen LogP contribution in [0.1, 0.15) is 33.8 Å². The Morgan fingerprint density at radius 2 is 1.20 bits per heavy atom. The number of aromatic carboxylic acids is 1. The van der Waals surface area contributed by atoms with Gasteiger partial charge >= 0.3 is 5.97 Å². The lowest BCUT2D eigenvalue weighted by atomic mass is 10.2. The molecule has 17 heteroatoms. The Hall–Kier alpha value is -6.56. The van der Waals surface area contributed by atoms with Crippen LogP contribution in [0.25, 0.3) is 32.2 Å². The van der Waals surface area contributed by atoms with Crippen molar-refractivity contribution in [1.29, 1.82) is 0 Å². The van der Waals surface area contributed by atoms with Crippen molar-refractivity contribution < 1.29 is 23.5 Å². The molecule has 2 fully saturated rings. The summed E-state index contributed by atoms with van der Waals surface area (Å²) in [6, 6.07) is 20.4. The number of nitrogens with zero attached hydrogens (tertiary/aromatic N) is 8. The average Bonchev–Trinajstić information content (AvgIpc) is 4.10. The van der Waals surface area contributed by atoms with Gasteiger partial charge in [-0.1, -0.05) is 0 Å². The molecule has 0 saturated carbocycles. The minimum atomic E-state index is -1.06. The van der Waals surface area contributed by atoms with Gasteiger partial charge in [0.25, 0.3) is 5.91 Å². The number of aromatic nitrogens is 6. The van der Waals surface area contributed by atoms with Crippen molar-refractivity contribution in [2.75, 3.05) is 36.0 Å². The van der Waals surface area contributed by atoms with Crippen LogP contribution in [-0.2, 0) is 0 Å². The molecule has 0 aliphatic carbocycles. The highest BCUT2D eigenvalue weighted by Crippen LogP contribution is 2.27. The summed E-state index contributed by atoms with van der Waals surface area (Å²) < 4.78 is 29.9. The maximum atomic E-state index is 13.1. The van der Waals surface area contributed by atoms with Gasteiger partial charge < -0.3 is 34.8 Å². The Morgan fingerprint density at radius 1 is 0.695 bits per heavy atom. The van der Waals surface area contributed by atoms with Crippen molar-refractivity contribution in [3.8, 4) is 21.1 Å². The van der Waals surface area contributed by atoms with Crippen LogP contribution in [0.2, 0.25) is 0 Å². The molecule has 0 spiro atoms. The quantitative estimate of drug-likeness (QED) is 0.151. The summed E-state index contributed by atoms with van der Waals surface area (Å²) in [6.07, 6.45) is 13.5. The number of fused-ring (bicyclic) bond motifs is 2. The fraction of sp³-hybridized carbons (Fsp3) is 0.190. The van der Waals surface area contributed by atoms with E-state index in [4.69, 9.17) is 10.8 Å². The van der Waals surface area contributed by atoms with E-state index in [2.05, 4.69) is 45.5 Å². The van der Waals surface area contributed by atoms with Crippen LogP contribution in [0.15, 0.2) is 121 Å². The van der Waals surface area contributed by atoms with Crippen molar-refractivity contribution in [2.24, 2.45) is 5.73 Å². The molecule has 8 aromatic rings. The highest BCUT2D eigenvalue weighted by molar-refractivity contribution is 7.13. The maximum Gasteiger partial charge on any atom is 0.355 e. The van der Waals surface area contributed by atoms with Gasteiger partial charge in [-0.05, 0) is 85.6 Å². The fourth-order valence-corrected chi connectivity index (χ4v) is 8.51. The van der Waals surface area contributed by atoms with Crippen LogP contribution in [-0.4, -0.2) is 84.0 Å². The molecule has 2 aliphatic heterocycles. The summed E-state index contributed by atoms with van der Waals surface area (Å²) in [6.45, 7) is 3.47. The first-order valence-electron chi connectivity index (χ1n) is 18.7. The van der Waals surface area contributed by atoms with Crippen LogP contribution < -0.4 is 20.9 Å². The topological polar surface area (TPSA) is 159 Å². The van der Waals surface area contributed by atoms with Gasteiger partial charge in [-0.3, -0.25) is 4.79 Å². The van der Waals surface area contributed by atoms with Crippen LogP contribution in [0.4, 0.5) is 20.4 Å². The molecule has 59 heavy (non-hydrogen) atoms. The summed E-state index contributed by atoms with van der Waals surface area (Å²) >= 11 is 2.60. The number of amides is 1. The van der Waals surface area contributed by atoms with E-state index in [9.17, 15) is 18.4 Å². The Balaban J connectivity index is 0.000000136. The molecule has 13 nitrogen and oxygen atoms in total. The second kappa shape index (κ2) is 17.5. The maximum absolute atomic E-state index is 13.1. The number of carbonyl (C=O) groups is 2. The normalized spacial score (nSPS) is 16.1. The Bertz CT molecular complexity index is 2700. The van der Waals surface area contributed by atoms with Crippen LogP contribution in [0.5, 0.6) is 0 Å². The number of hydrogen-bond acceptors (Lipinski definition) is 11. The lowest BCUT2D eigenvalue weighted by Gasteiger charge is -2.18. The Morgan fingerprint density at radius 3 is 1.71 bits per heavy atom. The van der Waals surface area contributed by atoms with Gasteiger partial charge in [0.15, 0.2) is 17.3 Å². The number of benzene rings is 2. The molecule has 10 rings (SSSR count). The number of carbonyl (C=O) groups excluding carboxylic acids is 1. The van der Waals surface area contributed by atoms with Crippen molar-refractivity contribution >= 4 is 57.2 Å². The smallest absolute Gasteiger partial charge is 0.355 e. The number of carboxylic acids is 1. The lowest BCUT2D eigenvalue weighted by molar-refractivity contribution is 0.0691. The van der Waals surface area contributed by atoms with E-state index < -0.39 is 5.97 Å². The highest BCUT2D eigenvalue weighted by atomic mass is 32.1. The van der Waals surface area contributed by atoms with Gasteiger partial charge in [0, 0.05) is 97.3 Å². The molecule has 0 bridgehead atoms. The summed E-state index contributed by atoms with van der Waals surface area (Å²) in [5, 5.41) is 16.2. The van der Waals surface area contributed by atoms with Gasteiger partial charge in [0.2, 0.25) is 0 Å². The number of anilines is 2. The fourth-order valence-electron chi connectivity index (χ4n) is 6.91. The van der Waals surface area contributed by atoms with E-state index in [-0.39, 0.29) is 29.3 Å². The number of halogens is 2. The predicted octanol–water partition coefficient (Wildman–Crippen LogP) is 7.12. The van der Waals surface area contributed by atoms with Crippen LogP contribution >= 0.6 is 22.7 Å². The van der Waals surface area contributed by atoms with Crippen molar-refractivity contribution in [2.45, 2.75) is 24.9 Å². The Labute approximate surface area is 345 Å². The summed E-state index contributed by atoms with van der Waals surface area (Å²) in [7, 11) is 0. The number of thiazole rings is 2. The third-order valence-electron chi connectivity index (χ3n) is 9.85. The van der Waals surface area contributed by atoms with Crippen LogP contribution in [0.3, 0.4) is 0 Å². The molecule has 2 aliphatic rings. The van der Waals surface area contributed by atoms with Crippen molar-refractivity contribution in [3.63, 3.8) is 0 Å². The standard InChI is InChI=1S/C21H18FN5OS.C11H14N4.C10H6FNO2S/c22-15-5-3-14(4-6-15)21-25-17(13-29-21)20(28)24-16-7-10-27(12-16)19-18-2-1-9-26(18)11-8-23-19;12-9-3-6-15(8-9)11-10-2-1-5-14(10)7-4-13-11;11-7-3-1-6(2-4-7)9-12-8(5-15-9)10(13)14/h1-6,8-9,11,13,16H,7,10,12H2,(H,24,28);1-2,4-5,7,9H,3,6,8,12H2;1-5H,(H,13,14)/t16-;9-;/m00./s1. The predicted molar refractivity (Wildman–Crippen MR) is 225 cm³/mol. The van der Waals surface area contributed by atoms with Crippen molar-refractivity contribution in [3.05, 3.63) is 144 Å². The third-order valence-corrected chi connectivity index (χ3v) is 11.6. The first kappa shape index (κ1) is 39.3. The summed E-state index contributed by atoms with van der Waals surface area (Å²) in [5.41, 5.74) is 10.0. The Kier molecular flexibility index (Phi) is 11.7. The molecule has 1 amide bonds.